The molecule has 11 heavy (non-hydrogen) atoms. The van der Waals surface area contributed by atoms with Crippen molar-refractivity contribution in [2.75, 3.05) is 0 Å². The third-order valence-electron chi connectivity index (χ3n) is 1.17. The standard InChI is InChI=1S/C8H11FO2/c1-3-7(4-6(2)9)8(11)5-10/h3-5,8,11H,1-2H3/b6-4+,7-3+. The number of hydrogen-bond acceptors (Lipinski definition) is 2. The van der Waals surface area contributed by atoms with Gasteiger partial charge in [-0.2, -0.15) is 0 Å². The van der Waals surface area contributed by atoms with Crippen LogP contribution in [0.1, 0.15) is 13.8 Å². The van der Waals surface area contributed by atoms with Crippen molar-refractivity contribution in [3.05, 3.63) is 23.6 Å². The van der Waals surface area contributed by atoms with E-state index in [2.05, 4.69) is 0 Å². The summed E-state index contributed by atoms with van der Waals surface area (Å²) in [7, 11) is 0. The highest BCUT2D eigenvalue weighted by molar-refractivity contribution is 5.63. The Hall–Kier alpha value is -0.960. The van der Waals surface area contributed by atoms with E-state index in [-0.39, 0.29) is 5.57 Å². The average Bonchev–Trinajstić information content (AvgIpc) is 1.98. The third kappa shape index (κ3) is 3.68. The summed E-state index contributed by atoms with van der Waals surface area (Å²) in [4.78, 5) is 10.0. The van der Waals surface area contributed by atoms with Gasteiger partial charge in [0.05, 0.1) is 5.83 Å². The van der Waals surface area contributed by atoms with E-state index in [1.54, 1.807) is 6.92 Å². The molecule has 0 spiro atoms. The van der Waals surface area contributed by atoms with Crippen LogP contribution in [-0.2, 0) is 4.79 Å². The molecule has 2 nitrogen and oxygen atoms in total. The second kappa shape index (κ2) is 4.79. The lowest BCUT2D eigenvalue weighted by molar-refractivity contribution is -0.113. The molecule has 1 N–H and O–H groups in total. The normalized spacial score (nSPS) is 16.4. The molecule has 0 aliphatic rings. The number of allylic oxidation sites excluding steroid dienone is 2. The second-order valence-corrected chi connectivity index (χ2v) is 2.10. The topological polar surface area (TPSA) is 37.3 Å². The van der Waals surface area contributed by atoms with Crippen LogP contribution in [0.4, 0.5) is 4.39 Å². The van der Waals surface area contributed by atoms with Crippen molar-refractivity contribution < 1.29 is 14.3 Å². The first-order chi connectivity index (χ1) is 5.11. The van der Waals surface area contributed by atoms with E-state index in [1.165, 1.54) is 13.0 Å². The number of rotatable bonds is 3. The molecule has 62 valence electrons. The van der Waals surface area contributed by atoms with Gasteiger partial charge in [-0.15, -0.1) is 0 Å². The van der Waals surface area contributed by atoms with Crippen molar-refractivity contribution in [1.82, 2.24) is 0 Å². The van der Waals surface area contributed by atoms with Crippen molar-refractivity contribution in [3.8, 4) is 0 Å². The Bertz CT molecular complexity index is 190. The molecule has 0 radical (unpaired) electrons. The van der Waals surface area contributed by atoms with Gasteiger partial charge >= 0.3 is 0 Å². The Labute approximate surface area is 65.0 Å². The maximum atomic E-state index is 12.2. The van der Waals surface area contributed by atoms with Gasteiger partial charge in [0.2, 0.25) is 0 Å². The second-order valence-electron chi connectivity index (χ2n) is 2.10. The molecule has 0 aliphatic carbocycles. The van der Waals surface area contributed by atoms with Gasteiger partial charge < -0.3 is 9.90 Å². The van der Waals surface area contributed by atoms with E-state index >= 15 is 0 Å². The van der Waals surface area contributed by atoms with Crippen molar-refractivity contribution in [2.24, 2.45) is 0 Å². The van der Waals surface area contributed by atoms with Crippen molar-refractivity contribution in [2.45, 2.75) is 20.0 Å². The quantitative estimate of drug-likeness (QED) is 0.497. The minimum atomic E-state index is -1.22. The van der Waals surface area contributed by atoms with E-state index in [1.807, 2.05) is 0 Å². The zero-order valence-corrected chi connectivity index (χ0v) is 6.54. The minimum Gasteiger partial charge on any atom is -0.381 e. The van der Waals surface area contributed by atoms with Gasteiger partial charge in [-0.05, 0) is 25.5 Å². The van der Waals surface area contributed by atoms with Crippen LogP contribution >= 0.6 is 0 Å². The van der Waals surface area contributed by atoms with E-state index in [4.69, 9.17) is 5.11 Å². The number of halogens is 1. The molecule has 0 aliphatic heterocycles. The smallest absolute Gasteiger partial charge is 0.153 e. The molecular formula is C8H11FO2. The summed E-state index contributed by atoms with van der Waals surface area (Å²) in [6.45, 7) is 2.88. The number of aliphatic hydroxyl groups is 1. The Morgan fingerprint density at radius 1 is 1.64 bits per heavy atom. The SMILES string of the molecule is C/C=C(\C=C(/C)F)C(O)C=O. The monoisotopic (exact) mass is 158 g/mol. The lowest BCUT2D eigenvalue weighted by Gasteiger charge is -2.02. The van der Waals surface area contributed by atoms with E-state index in [0.29, 0.717) is 6.29 Å². The van der Waals surface area contributed by atoms with Crippen molar-refractivity contribution >= 4 is 6.29 Å². The van der Waals surface area contributed by atoms with Gasteiger partial charge in [0.25, 0.3) is 0 Å². The highest BCUT2D eigenvalue weighted by Gasteiger charge is 2.05. The number of carbonyl (C=O) groups excluding carboxylic acids is 1. The Morgan fingerprint density at radius 3 is 2.45 bits per heavy atom. The fourth-order valence-electron chi connectivity index (χ4n) is 0.648. The van der Waals surface area contributed by atoms with Gasteiger partial charge in [-0.25, -0.2) is 4.39 Å². The first-order valence-electron chi connectivity index (χ1n) is 3.25. The lowest BCUT2D eigenvalue weighted by Crippen LogP contribution is -2.09. The van der Waals surface area contributed by atoms with E-state index in [9.17, 15) is 9.18 Å². The number of aldehydes is 1. The average molecular weight is 158 g/mol. The maximum absolute atomic E-state index is 12.2. The molecule has 0 aromatic rings. The van der Waals surface area contributed by atoms with Crippen LogP contribution in [0.15, 0.2) is 23.6 Å². The molecule has 1 unspecified atom stereocenters. The highest BCUT2D eigenvalue weighted by Crippen LogP contribution is 2.06. The summed E-state index contributed by atoms with van der Waals surface area (Å²) in [6.07, 6.45) is 1.75. The number of carbonyl (C=O) groups is 1. The first-order valence-corrected chi connectivity index (χ1v) is 3.25. The van der Waals surface area contributed by atoms with Crippen LogP contribution in [-0.4, -0.2) is 17.5 Å². The predicted molar refractivity (Wildman–Crippen MR) is 40.7 cm³/mol. The van der Waals surface area contributed by atoms with Crippen molar-refractivity contribution in [3.63, 3.8) is 0 Å². The van der Waals surface area contributed by atoms with Gasteiger partial charge in [-0.1, -0.05) is 6.08 Å². The molecule has 0 rings (SSSR count). The largest absolute Gasteiger partial charge is 0.381 e. The fourth-order valence-corrected chi connectivity index (χ4v) is 0.648. The van der Waals surface area contributed by atoms with E-state index in [0.717, 1.165) is 6.08 Å². The molecule has 0 saturated heterocycles. The summed E-state index contributed by atoms with van der Waals surface area (Å²) in [5.74, 6) is -0.431. The van der Waals surface area contributed by atoms with Crippen LogP contribution in [0.25, 0.3) is 0 Å². The van der Waals surface area contributed by atoms with Crippen LogP contribution < -0.4 is 0 Å². The van der Waals surface area contributed by atoms with E-state index < -0.39 is 11.9 Å². The van der Waals surface area contributed by atoms with Crippen LogP contribution in [0.5, 0.6) is 0 Å². The molecule has 0 aromatic carbocycles. The Balaban J connectivity index is 4.44. The number of hydrogen-bond donors (Lipinski definition) is 1. The Morgan fingerprint density at radius 2 is 2.18 bits per heavy atom. The lowest BCUT2D eigenvalue weighted by atomic mass is 10.1. The molecule has 3 heteroatoms. The van der Waals surface area contributed by atoms with Gasteiger partial charge in [0, 0.05) is 0 Å². The summed E-state index contributed by atoms with van der Waals surface area (Å²) in [6, 6.07) is 0. The zero-order chi connectivity index (χ0) is 8.85. The summed E-state index contributed by atoms with van der Waals surface area (Å²) in [5, 5.41) is 8.92. The molecule has 0 amide bonds. The maximum Gasteiger partial charge on any atom is 0.153 e. The molecular weight excluding hydrogens is 147 g/mol. The van der Waals surface area contributed by atoms with Gasteiger partial charge in [0.1, 0.15) is 6.10 Å². The van der Waals surface area contributed by atoms with Crippen LogP contribution in [0.2, 0.25) is 0 Å². The predicted octanol–water partition coefficient (Wildman–Crippen LogP) is 1.37. The fraction of sp³-hybridized carbons (Fsp3) is 0.375. The van der Waals surface area contributed by atoms with Gasteiger partial charge in [0.15, 0.2) is 6.29 Å². The number of aliphatic hydroxyl groups excluding tert-OH is 1. The summed E-state index contributed by atoms with van der Waals surface area (Å²) >= 11 is 0. The Kier molecular flexibility index (Phi) is 4.38. The molecule has 0 fully saturated rings. The summed E-state index contributed by atoms with van der Waals surface area (Å²) in [5.41, 5.74) is 0.278. The van der Waals surface area contributed by atoms with Crippen LogP contribution in [0, 0.1) is 0 Å². The molecule has 0 heterocycles. The zero-order valence-electron chi connectivity index (χ0n) is 6.54. The third-order valence-corrected chi connectivity index (χ3v) is 1.17. The molecule has 0 bridgehead atoms. The molecule has 0 aromatic heterocycles. The van der Waals surface area contributed by atoms with Gasteiger partial charge in [-0.3, -0.25) is 0 Å². The van der Waals surface area contributed by atoms with Crippen LogP contribution in [0.3, 0.4) is 0 Å². The minimum absolute atomic E-state index is 0.278. The van der Waals surface area contributed by atoms with Crippen molar-refractivity contribution in [1.29, 1.82) is 0 Å². The highest BCUT2D eigenvalue weighted by atomic mass is 19.1. The molecule has 1 atom stereocenters. The summed E-state index contributed by atoms with van der Waals surface area (Å²) < 4.78 is 12.2. The molecule has 0 saturated carbocycles. The first kappa shape index (κ1) is 10.0.